The first-order valence-corrected chi connectivity index (χ1v) is 11.4. The zero-order valence-corrected chi connectivity index (χ0v) is 20.0. The number of carbonyl (C=O) groups excluding carboxylic acids is 5. The van der Waals surface area contributed by atoms with E-state index in [0.29, 0.717) is 25.8 Å². The van der Waals surface area contributed by atoms with Crippen LogP contribution in [0.4, 0.5) is 0 Å². The molecule has 0 aliphatic carbocycles. The van der Waals surface area contributed by atoms with Crippen molar-refractivity contribution in [3.63, 3.8) is 0 Å². The fourth-order valence-corrected chi connectivity index (χ4v) is 3.76. The Morgan fingerprint density at radius 1 is 1.03 bits per heavy atom. The maximum absolute atomic E-state index is 13.0. The third kappa shape index (κ3) is 7.95. The molecule has 1 aliphatic rings. The second-order valence-electron chi connectivity index (χ2n) is 8.87. The number of likely N-dealkylation sites (tertiary alicyclic amines) is 1. The third-order valence-electron chi connectivity index (χ3n) is 5.61. The minimum atomic E-state index is -1.01. The normalized spacial score (nSPS) is 16.8. The van der Waals surface area contributed by atoms with Crippen molar-refractivity contribution in [3.05, 3.63) is 29.8 Å². The van der Waals surface area contributed by atoms with Gasteiger partial charge in [-0.1, -0.05) is 13.8 Å². The molecule has 12 nitrogen and oxygen atoms in total. The Bertz CT molecular complexity index is 935. The third-order valence-corrected chi connectivity index (χ3v) is 5.61. The summed E-state index contributed by atoms with van der Waals surface area (Å²) in [5, 5.41) is 25.7. The highest BCUT2D eigenvalue weighted by Gasteiger charge is 2.36. The van der Waals surface area contributed by atoms with Crippen LogP contribution in [-0.2, 0) is 19.2 Å². The summed E-state index contributed by atoms with van der Waals surface area (Å²) in [4.78, 5) is 63.6. The Morgan fingerprint density at radius 2 is 1.69 bits per heavy atom. The van der Waals surface area contributed by atoms with E-state index >= 15 is 0 Å². The van der Waals surface area contributed by atoms with Crippen LogP contribution in [0, 0.1) is 5.92 Å². The topological polar surface area (TPSA) is 177 Å². The molecular weight excluding hydrogens is 458 g/mol. The summed E-state index contributed by atoms with van der Waals surface area (Å²) in [6.07, 6.45) is 1.29. The fraction of sp³-hybridized carbons (Fsp3) is 0.522. The van der Waals surface area contributed by atoms with Gasteiger partial charge in [-0.3, -0.25) is 29.2 Å². The number of hydroxylamine groups is 1. The number of nitrogens with zero attached hydrogens (tertiary/aromatic N) is 1. The van der Waals surface area contributed by atoms with E-state index in [2.05, 4.69) is 16.0 Å². The van der Waals surface area contributed by atoms with E-state index in [1.807, 2.05) is 13.8 Å². The first-order valence-electron chi connectivity index (χ1n) is 11.4. The lowest BCUT2D eigenvalue weighted by molar-refractivity contribution is -0.139. The molecule has 3 atom stereocenters. The highest BCUT2D eigenvalue weighted by molar-refractivity contribution is 5.98. The van der Waals surface area contributed by atoms with E-state index in [1.54, 1.807) is 0 Å². The summed E-state index contributed by atoms with van der Waals surface area (Å²) in [6.45, 7) is 5.16. The van der Waals surface area contributed by atoms with Crippen LogP contribution < -0.4 is 21.4 Å². The van der Waals surface area contributed by atoms with E-state index < -0.39 is 47.7 Å². The van der Waals surface area contributed by atoms with Crippen LogP contribution >= 0.6 is 0 Å². The van der Waals surface area contributed by atoms with Crippen molar-refractivity contribution in [2.24, 2.45) is 5.92 Å². The quantitative estimate of drug-likeness (QED) is 0.191. The molecule has 0 bridgehead atoms. The number of amides is 5. The van der Waals surface area contributed by atoms with Crippen molar-refractivity contribution in [3.8, 4) is 5.75 Å². The zero-order valence-electron chi connectivity index (χ0n) is 20.0. The lowest BCUT2D eigenvalue weighted by Gasteiger charge is -2.27. The first-order chi connectivity index (χ1) is 16.5. The van der Waals surface area contributed by atoms with E-state index in [9.17, 15) is 29.1 Å². The molecule has 192 valence electrons. The Labute approximate surface area is 203 Å². The molecule has 35 heavy (non-hydrogen) atoms. The maximum atomic E-state index is 13.0. The SMILES string of the molecule is CC(C)C[C@@H](NC(=O)[C@@H]1CCCN1C(=O)CNC(=O)c1ccc(O)cc1)C(=O)N[C@H](C)C(=O)NO. The monoisotopic (exact) mass is 491 g/mol. The number of hydrogen-bond acceptors (Lipinski definition) is 7. The smallest absolute Gasteiger partial charge is 0.265 e. The van der Waals surface area contributed by atoms with Crippen molar-refractivity contribution in [2.75, 3.05) is 13.1 Å². The predicted molar refractivity (Wildman–Crippen MR) is 124 cm³/mol. The highest BCUT2D eigenvalue weighted by Crippen LogP contribution is 2.18. The number of hydrogen-bond donors (Lipinski definition) is 6. The van der Waals surface area contributed by atoms with E-state index in [-0.39, 0.29) is 23.8 Å². The van der Waals surface area contributed by atoms with Gasteiger partial charge in [-0.15, -0.1) is 0 Å². The Balaban J connectivity index is 1.99. The van der Waals surface area contributed by atoms with Crippen molar-refractivity contribution in [1.29, 1.82) is 0 Å². The average molecular weight is 492 g/mol. The number of phenols is 1. The van der Waals surface area contributed by atoms with Crippen LogP contribution in [0.15, 0.2) is 24.3 Å². The summed E-state index contributed by atoms with van der Waals surface area (Å²) in [5.74, 6) is -2.75. The molecule has 0 spiro atoms. The van der Waals surface area contributed by atoms with Crippen molar-refractivity contribution < 1.29 is 34.3 Å². The molecule has 2 rings (SSSR count). The molecule has 6 N–H and O–H groups in total. The molecule has 1 aromatic carbocycles. The minimum Gasteiger partial charge on any atom is -0.508 e. The molecule has 1 fully saturated rings. The Morgan fingerprint density at radius 3 is 2.29 bits per heavy atom. The second kappa shape index (κ2) is 12.7. The van der Waals surface area contributed by atoms with Gasteiger partial charge in [0.05, 0.1) is 6.54 Å². The van der Waals surface area contributed by atoms with Crippen LogP contribution in [0.1, 0.15) is 50.4 Å². The van der Waals surface area contributed by atoms with Gasteiger partial charge in [0.25, 0.3) is 11.8 Å². The molecule has 1 heterocycles. The molecule has 5 amide bonds. The lowest BCUT2D eigenvalue weighted by Crippen LogP contribution is -2.56. The maximum Gasteiger partial charge on any atom is 0.265 e. The number of carbonyl (C=O) groups is 5. The minimum absolute atomic E-state index is 0.0131. The van der Waals surface area contributed by atoms with Crippen LogP contribution in [-0.4, -0.2) is 76.0 Å². The van der Waals surface area contributed by atoms with Crippen LogP contribution in [0.3, 0.4) is 0 Å². The Hall–Kier alpha value is -3.67. The number of nitrogens with one attached hydrogen (secondary N) is 4. The molecule has 1 aliphatic heterocycles. The van der Waals surface area contributed by atoms with Crippen molar-refractivity contribution in [2.45, 2.75) is 58.2 Å². The molecule has 0 unspecified atom stereocenters. The first kappa shape index (κ1) is 27.6. The molecule has 0 aromatic heterocycles. The molecule has 0 saturated carbocycles. The summed E-state index contributed by atoms with van der Waals surface area (Å²) in [6, 6.07) is 2.81. The largest absolute Gasteiger partial charge is 0.508 e. The zero-order chi connectivity index (χ0) is 26.1. The number of benzene rings is 1. The molecular formula is C23H33N5O7. The van der Waals surface area contributed by atoms with Crippen LogP contribution in [0.25, 0.3) is 0 Å². The van der Waals surface area contributed by atoms with Crippen molar-refractivity contribution in [1.82, 2.24) is 26.3 Å². The van der Waals surface area contributed by atoms with Gasteiger partial charge in [-0.2, -0.15) is 0 Å². The fourth-order valence-electron chi connectivity index (χ4n) is 3.76. The summed E-state index contributed by atoms with van der Waals surface area (Å²) >= 11 is 0. The summed E-state index contributed by atoms with van der Waals surface area (Å²) in [5.41, 5.74) is 1.74. The average Bonchev–Trinajstić information content (AvgIpc) is 3.31. The van der Waals surface area contributed by atoms with E-state index in [1.165, 1.54) is 41.6 Å². The van der Waals surface area contributed by atoms with Gasteiger partial charge >= 0.3 is 0 Å². The number of aromatic hydroxyl groups is 1. The molecule has 12 heteroatoms. The highest BCUT2D eigenvalue weighted by atomic mass is 16.5. The summed E-state index contributed by atoms with van der Waals surface area (Å²) < 4.78 is 0. The molecule has 1 aromatic rings. The standard InChI is InChI=1S/C23H33N5O7/c1-13(2)11-17(22(33)25-14(3)20(31)27-35)26-23(34)18-5-4-10-28(18)19(30)12-24-21(32)15-6-8-16(29)9-7-15/h6-9,13-14,17-18,29,35H,4-5,10-12H2,1-3H3,(H,24,32)(H,25,33)(H,26,34)(H,27,31)/t14-,17-,18+/m1/s1. The van der Waals surface area contributed by atoms with Gasteiger partial charge < -0.3 is 26.0 Å². The Kier molecular flexibility index (Phi) is 10.0. The van der Waals surface area contributed by atoms with Gasteiger partial charge in [0.2, 0.25) is 17.7 Å². The van der Waals surface area contributed by atoms with Gasteiger partial charge in [0.15, 0.2) is 0 Å². The lowest BCUT2D eigenvalue weighted by atomic mass is 10.0. The van der Waals surface area contributed by atoms with Crippen molar-refractivity contribution >= 4 is 29.5 Å². The van der Waals surface area contributed by atoms with E-state index in [4.69, 9.17) is 5.21 Å². The van der Waals surface area contributed by atoms with Gasteiger partial charge in [0.1, 0.15) is 23.9 Å². The van der Waals surface area contributed by atoms with Crippen LogP contribution in [0.5, 0.6) is 5.75 Å². The van der Waals surface area contributed by atoms with E-state index in [0.717, 1.165) is 0 Å². The number of phenolic OH excluding ortho intramolecular Hbond substituents is 1. The predicted octanol–water partition coefficient (Wildman–Crippen LogP) is -0.346. The second-order valence-corrected chi connectivity index (χ2v) is 8.87. The number of rotatable bonds is 10. The van der Waals surface area contributed by atoms with Gasteiger partial charge in [0, 0.05) is 12.1 Å². The molecule has 1 saturated heterocycles. The molecule has 0 radical (unpaired) electrons. The summed E-state index contributed by atoms with van der Waals surface area (Å²) in [7, 11) is 0. The van der Waals surface area contributed by atoms with Gasteiger partial charge in [-0.05, 0) is 56.4 Å². The van der Waals surface area contributed by atoms with Crippen LogP contribution in [0.2, 0.25) is 0 Å². The van der Waals surface area contributed by atoms with Gasteiger partial charge in [-0.25, -0.2) is 5.48 Å².